The van der Waals surface area contributed by atoms with Crippen LogP contribution in [0.15, 0.2) is 162 Å². The number of thiophene rings is 1. The van der Waals surface area contributed by atoms with Gasteiger partial charge in [-0.2, -0.15) is 0 Å². The highest BCUT2D eigenvalue weighted by Gasteiger charge is 2.21. The third kappa shape index (κ3) is 4.03. The van der Waals surface area contributed by atoms with Crippen molar-refractivity contribution in [2.45, 2.75) is 0 Å². The first-order chi connectivity index (χ1) is 24.8. The normalized spacial score (nSPS) is 12.0. The van der Waals surface area contributed by atoms with Crippen LogP contribution in [0.25, 0.3) is 108 Å². The van der Waals surface area contributed by atoms with Gasteiger partial charge in [-0.25, -0.2) is 9.97 Å². The number of benzene rings is 8. The van der Waals surface area contributed by atoms with Gasteiger partial charge >= 0.3 is 0 Å². The van der Waals surface area contributed by atoms with Gasteiger partial charge in [0.15, 0.2) is 5.82 Å². The first kappa shape index (κ1) is 27.6. The molecule has 3 aromatic heterocycles. The number of hydrogen-bond donors (Lipinski definition) is 0. The van der Waals surface area contributed by atoms with Crippen molar-refractivity contribution in [3.05, 3.63) is 158 Å². The maximum atomic E-state index is 6.64. The van der Waals surface area contributed by atoms with Crippen LogP contribution in [0.1, 0.15) is 0 Å². The lowest BCUT2D eigenvalue weighted by molar-refractivity contribution is 0.669. The molecule has 8 aromatic carbocycles. The summed E-state index contributed by atoms with van der Waals surface area (Å²) >= 11 is 1.75. The minimum Gasteiger partial charge on any atom is -0.456 e. The van der Waals surface area contributed by atoms with E-state index in [1.165, 1.54) is 37.0 Å². The highest BCUT2D eigenvalue weighted by molar-refractivity contribution is 7.26. The number of rotatable bonds is 3. The molecule has 3 nitrogen and oxygen atoms in total. The van der Waals surface area contributed by atoms with Gasteiger partial charge in [-0.1, -0.05) is 127 Å². The Hall–Kier alpha value is -6.36. The quantitative estimate of drug-likeness (QED) is 0.178. The first-order valence-corrected chi connectivity index (χ1v) is 17.6. The number of fused-ring (bicyclic) bond motifs is 12. The van der Waals surface area contributed by atoms with E-state index in [1.807, 2.05) is 18.2 Å². The molecule has 0 radical (unpaired) electrons. The van der Waals surface area contributed by atoms with Gasteiger partial charge < -0.3 is 4.42 Å². The number of hydrogen-bond acceptors (Lipinski definition) is 4. The monoisotopic (exact) mass is 654 g/mol. The van der Waals surface area contributed by atoms with Gasteiger partial charge in [-0.05, 0) is 73.8 Å². The van der Waals surface area contributed by atoms with Gasteiger partial charge in [-0.3, -0.25) is 0 Å². The van der Waals surface area contributed by atoms with Crippen LogP contribution in [0.3, 0.4) is 0 Å². The fraction of sp³-hybridized carbons (Fsp3) is 0. The van der Waals surface area contributed by atoms with Crippen molar-refractivity contribution in [2.75, 3.05) is 0 Å². The summed E-state index contributed by atoms with van der Waals surface area (Å²) in [7, 11) is 0. The van der Waals surface area contributed by atoms with Crippen LogP contribution >= 0.6 is 11.3 Å². The highest BCUT2D eigenvalue weighted by atomic mass is 32.1. The molecular weight excluding hydrogens is 629 g/mol. The lowest BCUT2D eigenvalue weighted by atomic mass is 9.92. The lowest BCUT2D eigenvalue weighted by Gasteiger charge is -2.12. The summed E-state index contributed by atoms with van der Waals surface area (Å²) in [5.74, 6) is 0.723. The molecule has 3 heterocycles. The predicted octanol–water partition coefficient (Wildman–Crippen LogP) is 13.2. The number of nitrogens with zero attached hydrogens (tertiary/aromatic N) is 2. The van der Waals surface area contributed by atoms with E-state index in [9.17, 15) is 0 Å². The number of furan rings is 1. The Kier molecular flexibility index (Phi) is 5.83. The molecular formula is C46H26N2OS. The zero-order valence-corrected chi connectivity index (χ0v) is 27.5. The first-order valence-electron chi connectivity index (χ1n) is 16.8. The fourth-order valence-corrected chi connectivity index (χ4v) is 8.93. The SMILES string of the molecule is c1ccc(-c2nc(-c3cccc4oc5cc(-c6ccc7c8ccccc8c8ccccc8c7c6)ccc5c34)c3sc4ccccc4c3n2)cc1. The second-order valence-electron chi connectivity index (χ2n) is 12.9. The van der Waals surface area contributed by atoms with Crippen molar-refractivity contribution in [1.29, 1.82) is 0 Å². The molecule has 0 aliphatic rings. The van der Waals surface area contributed by atoms with E-state index in [4.69, 9.17) is 14.4 Å². The van der Waals surface area contributed by atoms with Crippen molar-refractivity contribution < 1.29 is 4.42 Å². The summed E-state index contributed by atoms with van der Waals surface area (Å²) in [6.07, 6.45) is 0. The lowest BCUT2D eigenvalue weighted by Crippen LogP contribution is -1.93. The maximum absolute atomic E-state index is 6.64. The second kappa shape index (κ2) is 10.6. The van der Waals surface area contributed by atoms with Crippen molar-refractivity contribution in [1.82, 2.24) is 9.97 Å². The Morgan fingerprint density at radius 1 is 0.420 bits per heavy atom. The smallest absolute Gasteiger partial charge is 0.160 e. The van der Waals surface area contributed by atoms with Crippen LogP contribution in [0.2, 0.25) is 0 Å². The van der Waals surface area contributed by atoms with Gasteiger partial charge in [0.1, 0.15) is 11.2 Å². The molecule has 0 spiro atoms. The molecule has 0 saturated carbocycles. The van der Waals surface area contributed by atoms with Gasteiger partial charge in [0, 0.05) is 32.0 Å². The van der Waals surface area contributed by atoms with E-state index in [1.54, 1.807) is 11.3 Å². The molecule has 50 heavy (non-hydrogen) atoms. The van der Waals surface area contributed by atoms with E-state index < -0.39 is 0 Å². The van der Waals surface area contributed by atoms with Gasteiger partial charge in [0.2, 0.25) is 0 Å². The third-order valence-corrected chi connectivity index (χ3v) is 11.2. The molecule has 0 fully saturated rings. The molecule has 0 aliphatic carbocycles. The largest absolute Gasteiger partial charge is 0.456 e. The molecule has 0 saturated heterocycles. The van der Waals surface area contributed by atoms with E-state index >= 15 is 0 Å². The van der Waals surface area contributed by atoms with E-state index in [2.05, 4.69) is 140 Å². The molecule has 0 unspecified atom stereocenters. The average molecular weight is 655 g/mol. The van der Waals surface area contributed by atoms with Crippen molar-refractivity contribution in [2.24, 2.45) is 0 Å². The zero-order chi connectivity index (χ0) is 32.8. The van der Waals surface area contributed by atoms with E-state index in [0.29, 0.717) is 0 Å². The molecule has 11 aromatic rings. The van der Waals surface area contributed by atoms with Crippen LogP contribution in [0, 0.1) is 0 Å². The molecule has 0 amide bonds. The van der Waals surface area contributed by atoms with Crippen LogP contribution in [0.5, 0.6) is 0 Å². The molecule has 0 bridgehead atoms. The van der Waals surface area contributed by atoms with Crippen LogP contribution in [0.4, 0.5) is 0 Å². The highest BCUT2D eigenvalue weighted by Crippen LogP contribution is 2.44. The Morgan fingerprint density at radius 2 is 1.04 bits per heavy atom. The van der Waals surface area contributed by atoms with E-state index in [-0.39, 0.29) is 0 Å². The summed E-state index contributed by atoms with van der Waals surface area (Å²) in [5, 5.41) is 10.9. The van der Waals surface area contributed by atoms with Gasteiger partial charge in [-0.15, -0.1) is 11.3 Å². The predicted molar refractivity (Wildman–Crippen MR) is 211 cm³/mol. The molecule has 0 N–H and O–H groups in total. The van der Waals surface area contributed by atoms with Crippen LogP contribution in [-0.4, -0.2) is 9.97 Å². The minimum absolute atomic E-state index is 0.723. The number of aromatic nitrogens is 2. The fourth-order valence-electron chi connectivity index (χ4n) is 7.78. The second-order valence-corrected chi connectivity index (χ2v) is 13.9. The van der Waals surface area contributed by atoms with Crippen molar-refractivity contribution >= 4 is 85.9 Å². The summed E-state index contributed by atoms with van der Waals surface area (Å²) in [6, 6.07) is 56.0. The summed E-state index contributed by atoms with van der Waals surface area (Å²) in [4.78, 5) is 10.4. The Labute approximate surface area is 290 Å². The van der Waals surface area contributed by atoms with Gasteiger partial charge in [0.25, 0.3) is 0 Å². The van der Waals surface area contributed by atoms with E-state index in [0.717, 1.165) is 71.3 Å². The summed E-state index contributed by atoms with van der Waals surface area (Å²) in [5.41, 5.74) is 7.95. The summed E-state index contributed by atoms with van der Waals surface area (Å²) in [6.45, 7) is 0. The average Bonchev–Trinajstić information content (AvgIpc) is 3.76. The maximum Gasteiger partial charge on any atom is 0.160 e. The van der Waals surface area contributed by atoms with Gasteiger partial charge in [0.05, 0.1) is 15.9 Å². The topological polar surface area (TPSA) is 38.9 Å². The Bertz CT molecular complexity index is 3120. The molecule has 0 aliphatic heterocycles. The van der Waals surface area contributed by atoms with Crippen LogP contribution < -0.4 is 0 Å². The van der Waals surface area contributed by atoms with Crippen molar-refractivity contribution in [3.63, 3.8) is 0 Å². The summed E-state index contributed by atoms with van der Waals surface area (Å²) < 4.78 is 8.92. The Morgan fingerprint density at radius 3 is 1.80 bits per heavy atom. The van der Waals surface area contributed by atoms with Crippen LogP contribution in [-0.2, 0) is 0 Å². The zero-order valence-electron chi connectivity index (χ0n) is 26.7. The molecule has 232 valence electrons. The molecule has 11 rings (SSSR count). The molecule has 0 atom stereocenters. The minimum atomic E-state index is 0.723. The third-order valence-electron chi connectivity index (χ3n) is 10.1. The van der Waals surface area contributed by atoms with Crippen molar-refractivity contribution in [3.8, 4) is 33.8 Å². The standard InChI is InChI=1S/C46H26N2OS/c1-2-11-27(12-3-1)46-47-43-36-17-8-9-20-41(36)50-45(43)44(48-46)37-18-10-19-39-42(37)35-24-22-29(26-40(35)49-39)28-21-23-34-32-15-5-4-13-30(32)31-14-6-7-16-33(31)38(34)25-28/h1-26H. The Balaban J connectivity index is 1.12. The molecule has 4 heteroatoms.